The van der Waals surface area contributed by atoms with E-state index in [1.807, 2.05) is 35.7 Å². The highest BCUT2D eigenvalue weighted by molar-refractivity contribution is 7.11. The summed E-state index contributed by atoms with van der Waals surface area (Å²) < 4.78 is 7.88. The number of para-hydroxylation sites is 2. The van der Waals surface area contributed by atoms with Gasteiger partial charge in [-0.3, -0.25) is 9.59 Å². The van der Waals surface area contributed by atoms with Gasteiger partial charge in [0.25, 0.3) is 11.5 Å². The van der Waals surface area contributed by atoms with Crippen LogP contribution < -0.4 is 24.8 Å². The van der Waals surface area contributed by atoms with Crippen LogP contribution in [0.3, 0.4) is 0 Å². The number of carbonyl (C=O) groups is 1. The summed E-state index contributed by atoms with van der Waals surface area (Å²) >= 11 is 2.85. The van der Waals surface area contributed by atoms with E-state index < -0.39 is 0 Å². The number of carbonyl (C=O) groups excluding carboxylic acids is 1. The van der Waals surface area contributed by atoms with Crippen molar-refractivity contribution >= 4 is 46.4 Å². The lowest BCUT2D eigenvalue weighted by Gasteiger charge is -2.07. The van der Waals surface area contributed by atoms with Crippen molar-refractivity contribution in [3.63, 3.8) is 0 Å². The number of thiazole rings is 1. The van der Waals surface area contributed by atoms with E-state index in [4.69, 9.17) is 4.74 Å². The molecular formula is C18H16N2O3S2. The summed E-state index contributed by atoms with van der Waals surface area (Å²) in [6.45, 7) is 0. The van der Waals surface area contributed by atoms with Crippen LogP contribution in [0.15, 0.2) is 46.6 Å². The number of thiophene rings is 1. The smallest absolute Gasteiger partial charge is 0.268 e. The second kappa shape index (κ2) is 7.50. The highest BCUT2D eigenvalue weighted by atomic mass is 32.1. The zero-order valence-electron chi connectivity index (χ0n) is 13.7. The van der Waals surface area contributed by atoms with Crippen molar-refractivity contribution in [1.82, 2.24) is 4.57 Å². The third-order valence-electron chi connectivity index (χ3n) is 3.50. The van der Waals surface area contributed by atoms with Crippen LogP contribution in [0.4, 0.5) is 5.69 Å². The van der Waals surface area contributed by atoms with Crippen molar-refractivity contribution in [2.24, 2.45) is 7.05 Å². The molecule has 0 bridgehead atoms. The van der Waals surface area contributed by atoms with Crippen LogP contribution in [-0.2, 0) is 11.8 Å². The van der Waals surface area contributed by atoms with E-state index in [1.54, 1.807) is 37.6 Å². The molecule has 1 N–H and O–H groups in total. The normalized spacial score (nSPS) is 12.4. The quantitative estimate of drug-likeness (QED) is 0.759. The Kier molecular flexibility index (Phi) is 5.16. The third kappa shape index (κ3) is 3.89. The van der Waals surface area contributed by atoms with Crippen molar-refractivity contribution in [3.8, 4) is 5.75 Å². The predicted octanol–water partition coefficient (Wildman–Crippen LogP) is 1.76. The van der Waals surface area contributed by atoms with Gasteiger partial charge < -0.3 is 14.6 Å². The number of hydrogen-bond donors (Lipinski definition) is 1. The van der Waals surface area contributed by atoms with Crippen molar-refractivity contribution in [1.29, 1.82) is 0 Å². The average molecular weight is 372 g/mol. The first-order valence-electron chi connectivity index (χ1n) is 7.45. The van der Waals surface area contributed by atoms with Gasteiger partial charge >= 0.3 is 0 Å². The van der Waals surface area contributed by atoms with Crippen molar-refractivity contribution in [3.05, 3.63) is 66.2 Å². The highest BCUT2D eigenvalue weighted by Crippen LogP contribution is 2.22. The Morgan fingerprint density at radius 3 is 2.76 bits per heavy atom. The Hall–Kier alpha value is -2.64. The largest absolute Gasteiger partial charge is 0.495 e. The summed E-state index contributed by atoms with van der Waals surface area (Å²) in [4.78, 5) is 25.6. The molecule has 3 rings (SSSR count). The van der Waals surface area contributed by atoms with E-state index in [2.05, 4.69) is 5.32 Å². The number of anilines is 1. The van der Waals surface area contributed by atoms with Gasteiger partial charge in [-0.15, -0.1) is 22.7 Å². The molecule has 0 saturated heterocycles. The molecule has 0 unspecified atom stereocenters. The molecule has 1 amide bonds. The molecule has 3 aromatic rings. The van der Waals surface area contributed by atoms with Gasteiger partial charge in [0.1, 0.15) is 10.4 Å². The van der Waals surface area contributed by atoms with Crippen molar-refractivity contribution in [2.45, 2.75) is 0 Å². The molecule has 2 aromatic heterocycles. The number of nitrogens with one attached hydrogen (secondary N) is 1. The van der Waals surface area contributed by atoms with E-state index in [1.165, 1.54) is 22.0 Å². The highest BCUT2D eigenvalue weighted by Gasteiger charge is 2.06. The molecule has 0 spiro atoms. The first-order chi connectivity index (χ1) is 12.1. The summed E-state index contributed by atoms with van der Waals surface area (Å²) in [5.41, 5.74) is 0.466. The molecule has 0 aliphatic carbocycles. The van der Waals surface area contributed by atoms with Crippen LogP contribution in [0, 0.1) is 0 Å². The van der Waals surface area contributed by atoms with Crippen LogP contribution in [0.2, 0.25) is 0 Å². The minimum Gasteiger partial charge on any atom is -0.495 e. The fourth-order valence-electron chi connectivity index (χ4n) is 2.24. The fourth-order valence-corrected chi connectivity index (χ4v) is 3.99. The maximum atomic E-state index is 12.3. The zero-order chi connectivity index (χ0) is 17.8. The minimum absolute atomic E-state index is 0.116. The van der Waals surface area contributed by atoms with Crippen LogP contribution >= 0.6 is 22.7 Å². The second-order valence-electron chi connectivity index (χ2n) is 5.16. The number of ether oxygens (including phenoxy) is 1. The van der Waals surface area contributed by atoms with E-state index in [0.717, 1.165) is 4.88 Å². The van der Waals surface area contributed by atoms with Gasteiger partial charge in [-0.1, -0.05) is 18.2 Å². The summed E-state index contributed by atoms with van der Waals surface area (Å²) in [6.07, 6.45) is 3.26. The van der Waals surface area contributed by atoms with Crippen molar-refractivity contribution in [2.75, 3.05) is 12.4 Å². The molecule has 0 aliphatic heterocycles. The van der Waals surface area contributed by atoms with Gasteiger partial charge in [0.15, 0.2) is 0 Å². The van der Waals surface area contributed by atoms with E-state index >= 15 is 0 Å². The molecule has 1 aromatic carbocycles. The number of benzene rings is 1. The SMILES string of the molecule is COc1ccccc1NC(=O)/C=c1/s/c(=C\c2cccs2)c(=O)n1C. The number of aromatic nitrogens is 1. The van der Waals surface area contributed by atoms with E-state index in [-0.39, 0.29) is 11.5 Å². The Morgan fingerprint density at radius 1 is 1.24 bits per heavy atom. The molecule has 0 atom stereocenters. The predicted molar refractivity (Wildman–Crippen MR) is 103 cm³/mol. The van der Waals surface area contributed by atoms with Gasteiger partial charge in [-0.2, -0.15) is 0 Å². The Balaban J connectivity index is 1.94. The molecule has 7 heteroatoms. The van der Waals surface area contributed by atoms with E-state index in [0.29, 0.717) is 20.6 Å². The summed E-state index contributed by atoms with van der Waals surface area (Å²) in [7, 11) is 3.21. The molecule has 0 radical (unpaired) electrons. The molecule has 0 saturated carbocycles. The number of amides is 1. The molecule has 0 aliphatic rings. The monoisotopic (exact) mass is 372 g/mol. The molecule has 5 nitrogen and oxygen atoms in total. The van der Waals surface area contributed by atoms with Crippen LogP contribution in [0.1, 0.15) is 4.88 Å². The van der Waals surface area contributed by atoms with Crippen LogP contribution in [0.5, 0.6) is 5.75 Å². The standard InChI is InChI=1S/C18H16N2O3S2/c1-20-17(25-15(18(20)22)10-12-6-5-9-24-12)11-16(21)19-13-7-3-4-8-14(13)23-2/h3-11H,1-2H3,(H,19,21)/b15-10-,17-11+. The van der Waals surface area contributed by atoms with Gasteiger partial charge in [-0.05, 0) is 29.7 Å². The molecule has 2 heterocycles. The summed E-state index contributed by atoms with van der Waals surface area (Å²) in [6, 6.07) is 11.0. The van der Waals surface area contributed by atoms with Gasteiger partial charge in [-0.25, -0.2) is 0 Å². The molecule has 128 valence electrons. The molecule has 25 heavy (non-hydrogen) atoms. The lowest BCUT2D eigenvalue weighted by Crippen LogP contribution is -2.29. The Bertz CT molecular complexity index is 1060. The first-order valence-corrected chi connectivity index (χ1v) is 9.15. The topological polar surface area (TPSA) is 60.3 Å². The zero-order valence-corrected chi connectivity index (χ0v) is 15.3. The number of methoxy groups -OCH3 is 1. The second-order valence-corrected chi connectivity index (χ2v) is 7.20. The summed E-state index contributed by atoms with van der Waals surface area (Å²) in [5, 5.41) is 4.73. The maximum absolute atomic E-state index is 12.3. The van der Waals surface area contributed by atoms with Crippen LogP contribution in [-0.4, -0.2) is 17.6 Å². The van der Waals surface area contributed by atoms with Crippen LogP contribution in [0.25, 0.3) is 12.2 Å². The Morgan fingerprint density at radius 2 is 2.04 bits per heavy atom. The van der Waals surface area contributed by atoms with Gasteiger partial charge in [0.2, 0.25) is 0 Å². The third-order valence-corrected chi connectivity index (χ3v) is 5.43. The summed E-state index contributed by atoms with van der Waals surface area (Å²) in [5.74, 6) is 0.264. The minimum atomic E-state index is -0.316. The molecule has 0 fully saturated rings. The Labute approximate surface area is 152 Å². The average Bonchev–Trinajstić information content (AvgIpc) is 3.20. The number of rotatable bonds is 4. The number of nitrogens with zero attached hydrogens (tertiary/aromatic N) is 1. The lowest BCUT2D eigenvalue weighted by atomic mass is 10.3. The van der Waals surface area contributed by atoms with Gasteiger partial charge in [0.05, 0.1) is 17.3 Å². The first kappa shape index (κ1) is 17.2. The lowest BCUT2D eigenvalue weighted by molar-refractivity contribution is -0.110. The van der Waals surface area contributed by atoms with E-state index in [9.17, 15) is 9.59 Å². The number of hydrogen-bond acceptors (Lipinski definition) is 5. The van der Waals surface area contributed by atoms with Crippen molar-refractivity contribution < 1.29 is 9.53 Å². The molecular weight excluding hydrogens is 356 g/mol. The van der Waals surface area contributed by atoms with Gasteiger partial charge in [0, 0.05) is 18.0 Å². The fraction of sp³-hybridized carbons (Fsp3) is 0.111. The maximum Gasteiger partial charge on any atom is 0.268 e.